The van der Waals surface area contributed by atoms with Crippen molar-refractivity contribution in [1.29, 1.82) is 0 Å². The molecule has 1 fully saturated rings. The van der Waals surface area contributed by atoms with Crippen LogP contribution in [0.4, 0.5) is 0 Å². The molecule has 0 N–H and O–H groups in total. The van der Waals surface area contributed by atoms with Crippen LogP contribution in [0.1, 0.15) is 83.5 Å². The van der Waals surface area contributed by atoms with Gasteiger partial charge in [-0.3, -0.25) is 4.79 Å². The van der Waals surface area contributed by atoms with Crippen LogP contribution >= 0.6 is 23.4 Å². The molecule has 0 aliphatic heterocycles. The van der Waals surface area contributed by atoms with Crippen molar-refractivity contribution in [1.82, 2.24) is 0 Å². The number of hydrogen-bond donors (Lipinski definition) is 0. The Balaban J connectivity index is 1.98. The third kappa shape index (κ3) is 7.19. The maximum Gasteiger partial charge on any atom is 0.164 e. The fourth-order valence-electron chi connectivity index (χ4n) is 3.34. The van der Waals surface area contributed by atoms with Crippen LogP contribution in [0, 0.1) is 0 Å². The van der Waals surface area contributed by atoms with Gasteiger partial charge in [0.25, 0.3) is 0 Å². The highest BCUT2D eigenvalue weighted by Gasteiger charge is 2.35. The molecular formula is C21H31ClOS. The summed E-state index contributed by atoms with van der Waals surface area (Å²) < 4.78 is -0.776. The maximum atomic E-state index is 12.8. The molecule has 134 valence electrons. The van der Waals surface area contributed by atoms with Crippen LogP contribution in [0.25, 0.3) is 0 Å². The number of benzene rings is 1. The molecule has 1 aliphatic carbocycles. The largest absolute Gasteiger partial charge is 0.297 e. The van der Waals surface area contributed by atoms with Crippen LogP contribution in [0.2, 0.25) is 0 Å². The van der Waals surface area contributed by atoms with E-state index in [0.29, 0.717) is 6.42 Å². The minimum Gasteiger partial charge on any atom is -0.297 e. The Hall–Kier alpha value is -0.470. The molecule has 0 bridgehead atoms. The number of carbonyl (C=O) groups excluding carboxylic acids is 1. The summed E-state index contributed by atoms with van der Waals surface area (Å²) in [5, 5.41) is 0. The van der Waals surface area contributed by atoms with Crippen LogP contribution in [0.5, 0.6) is 0 Å². The van der Waals surface area contributed by atoms with E-state index in [2.05, 4.69) is 12.1 Å². The number of ketones is 1. The van der Waals surface area contributed by atoms with Gasteiger partial charge >= 0.3 is 0 Å². The number of halogens is 1. The minimum absolute atomic E-state index is 0.230. The average molecular weight is 367 g/mol. The number of thioether (sulfide) groups is 1. The molecule has 1 nitrogen and oxygen atoms in total. The fraction of sp³-hybridized carbons (Fsp3) is 0.667. The van der Waals surface area contributed by atoms with Crippen LogP contribution in [-0.2, 0) is 4.79 Å². The SMILES string of the molecule is O=C1CCCCCCCCCCCCCC1(Cl)Sc1ccccc1. The second-order valence-electron chi connectivity index (χ2n) is 6.96. The Morgan fingerprint density at radius 2 is 1.25 bits per heavy atom. The molecule has 3 heteroatoms. The van der Waals surface area contributed by atoms with E-state index in [9.17, 15) is 4.79 Å². The van der Waals surface area contributed by atoms with Gasteiger partial charge in [-0.25, -0.2) is 0 Å². The van der Waals surface area contributed by atoms with Crippen molar-refractivity contribution in [2.75, 3.05) is 0 Å². The molecule has 1 aliphatic rings. The van der Waals surface area contributed by atoms with Crippen molar-refractivity contribution in [3.05, 3.63) is 30.3 Å². The highest BCUT2D eigenvalue weighted by molar-refractivity contribution is 8.02. The molecule has 0 saturated heterocycles. The third-order valence-corrected chi connectivity index (χ3v) is 6.74. The van der Waals surface area contributed by atoms with Crippen molar-refractivity contribution in [3.63, 3.8) is 0 Å². The van der Waals surface area contributed by atoms with Gasteiger partial charge in [-0.1, -0.05) is 106 Å². The number of hydrogen-bond acceptors (Lipinski definition) is 2. The Bertz CT molecular complexity index is 476. The van der Waals surface area contributed by atoms with Gasteiger partial charge in [0.15, 0.2) is 9.99 Å². The molecular weight excluding hydrogens is 336 g/mol. The van der Waals surface area contributed by atoms with Crippen molar-refractivity contribution in [2.45, 2.75) is 92.6 Å². The quantitative estimate of drug-likeness (QED) is 0.508. The van der Waals surface area contributed by atoms with Crippen molar-refractivity contribution in [2.24, 2.45) is 0 Å². The van der Waals surface area contributed by atoms with E-state index < -0.39 is 4.21 Å². The molecule has 0 spiro atoms. The van der Waals surface area contributed by atoms with Gasteiger partial charge in [-0.2, -0.15) is 0 Å². The summed E-state index contributed by atoms with van der Waals surface area (Å²) in [6.07, 6.45) is 15.1. The zero-order valence-electron chi connectivity index (χ0n) is 14.8. The van der Waals surface area contributed by atoms with E-state index in [1.54, 1.807) is 11.8 Å². The van der Waals surface area contributed by atoms with Gasteiger partial charge < -0.3 is 0 Å². The van der Waals surface area contributed by atoms with E-state index in [1.807, 2.05) is 18.2 Å². The van der Waals surface area contributed by atoms with Crippen LogP contribution in [-0.4, -0.2) is 9.99 Å². The molecule has 0 radical (unpaired) electrons. The Kier molecular flexibility index (Phi) is 9.27. The first-order chi connectivity index (χ1) is 11.7. The predicted molar refractivity (Wildman–Crippen MR) is 106 cm³/mol. The summed E-state index contributed by atoms with van der Waals surface area (Å²) in [4.78, 5) is 13.9. The Morgan fingerprint density at radius 1 is 0.750 bits per heavy atom. The van der Waals surface area contributed by atoms with Gasteiger partial charge in [-0.15, -0.1) is 0 Å². The van der Waals surface area contributed by atoms with E-state index >= 15 is 0 Å². The number of carbonyl (C=O) groups is 1. The van der Waals surface area contributed by atoms with Gasteiger partial charge in [0, 0.05) is 11.3 Å². The smallest absolute Gasteiger partial charge is 0.164 e. The number of rotatable bonds is 2. The topological polar surface area (TPSA) is 17.1 Å². The summed E-state index contributed by atoms with van der Waals surface area (Å²) in [5.74, 6) is 0.230. The molecule has 0 amide bonds. The van der Waals surface area contributed by atoms with E-state index in [0.717, 1.165) is 30.6 Å². The van der Waals surface area contributed by atoms with Gasteiger partial charge in [0.2, 0.25) is 0 Å². The van der Waals surface area contributed by atoms with Gasteiger partial charge in [0.1, 0.15) is 0 Å². The van der Waals surface area contributed by atoms with Crippen LogP contribution < -0.4 is 0 Å². The average Bonchev–Trinajstić information content (AvgIpc) is 2.59. The minimum atomic E-state index is -0.776. The molecule has 0 aromatic heterocycles. The van der Waals surface area contributed by atoms with E-state index in [-0.39, 0.29) is 5.78 Å². The maximum absolute atomic E-state index is 12.8. The Morgan fingerprint density at radius 3 is 1.83 bits per heavy atom. The molecule has 1 atom stereocenters. The lowest BCUT2D eigenvalue weighted by Crippen LogP contribution is -2.28. The predicted octanol–water partition coefficient (Wildman–Crippen LogP) is 7.37. The lowest BCUT2D eigenvalue weighted by atomic mass is 10.0. The molecule has 2 rings (SSSR count). The zero-order valence-corrected chi connectivity index (χ0v) is 16.3. The monoisotopic (exact) mass is 366 g/mol. The first-order valence-electron chi connectivity index (χ1n) is 9.67. The second kappa shape index (κ2) is 11.2. The van der Waals surface area contributed by atoms with E-state index in [1.165, 1.54) is 51.4 Å². The third-order valence-electron chi connectivity index (χ3n) is 4.84. The van der Waals surface area contributed by atoms with Crippen molar-refractivity contribution < 1.29 is 4.79 Å². The Labute approximate surface area is 156 Å². The molecule has 0 heterocycles. The normalized spacial score (nSPS) is 25.6. The van der Waals surface area contributed by atoms with Crippen molar-refractivity contribution >= 4 is 29.1 Å². The van der Waals surface area contributed by atoms with Crippen LogP contribution in [0.15, 0.2) is 35.2 Å². The molecule has 1 saturated carbocycles. The molecule has 1 unspecified atom stereocenters. The first-order valence-corrected chi connectivity index (χ1v) is 10.9. The first kappa shape index (κ1) is 19.8. The summed E-state index contributed by atoms with van der Waals surface area (Å²) >= 11 is 8.43. The summed E-state index contributed by atoms with van der Waals surface area (Å²) in [6.45, 7) is 0. The summed E-state index contributed by atoms with van der Waals surface area (Å²) in [5.41, 5.74) is 0. The zero-order chi connectivity index (χ0) is 17.1. The van der Waals surface area contributed by atoms with Gasteiger partial charge in [-0.05, 0) is 25.0 Å². The summed E-state index contributed by atoms with van der Waals surface area (Å²) in [6, 6.07) is 10.1. The highest BCUT2D eigenvalue weighted by Crippen LogP contribution is 2.42. The second-order valence-corrected chi connectivity index (χ2v) is 9.20. The lowest BCUT2D eigenvalue weighted by molar-refractivity contribution is -0.119. The molecule has 1 aromatic rings. The standard InChI is InChI=1S/C21H31ClOS/c22-21(24-19-15-11-10-12-16-19)18-14-9-7-5-3-1-2-4-6-8-13-17-20(21)23/h10-12,15-16H,1-9,13-14,17-18H2. The number of Topliss-reactive ketones (excluding diaryl/α,β-unsaturated/α-hetero) is 1. The fourth-order valence-corrected chi connectivity index (χ4v) is 4.96. The van der Waals surface area contributed by atoms with Crippen molar-refractivity contribution in [3.8, 4) is 0 Å². The highest BCUT2D eigenvalue weighted by atomic mass is 35.5. The van der Waals surface area contributed by atoms with E-state index in [4.69, 9.17) is 11.6 Å². The number of alkyl halides is 1. The molecule has 24 heavy (non-hydrogen) atoms. The lowest BCUT2D eigenvalue weighted by Gasteiger charge is -2.25. The summed E-state index contributed by atoms with van der Waals surface area (Å²) in [7, 11) is 0. The van der Waals surface area contributed by atoms with Gasteiger partial charge in [0.05, 0.1) is 0 Å². The van der Waals surface area contributed by atoms with Crippen LogP contribution in [0.3, 0.4) is 0 Å². The molecule has 1 aromatic carbocycles.